The van der Waals surface area contributed by atoms with Crippen molar-refractivity contribution in [3.05, 3.63) is 29.3 Å². The summed E-state index contributed by atoms with van der Waals surface area (Å²) in [6.45, 7) is 11.8. The van der Waals surface area contributed by atoms with Gasteiger partial charge >= 0.3 is 0 Å². The maximum atomic E-state index is 5.73. The quantitative estimate of drug-likeness (QED) is 0.803. The zero-order chi connectivity index (χ0) is 14.5. The maximum absolute atomic E-state index is 5.73. The van der Waals surface area contributed by atoms with E-state index in [0.29, 0.717) is 18.1 Å². The van der Waals surface area contributed by atoms with Crippen molar-refractivity contribution >= 4 is 0 Å². The fourth-order valence-corrected chi connectivity index (χ4v) is 2.54. The summed E-state index contributed by atoms with van der Waals surface area (Å²) in [4.78, 5) is 0. The Bertz CT molecular complexity index is 431. The minimum atomic E-state index is 0.326. The number of nitrogens with one attached hydrogen (secondary N) is 2. The second kappa shape index (κ2) is 7.09. The molecule has 0 saturated heterocycles. The van der Waals surface area contributed by atoms with Crippen LogP contribution < -0.4 is 15.4 Å². The molecule has 1 aromatic rings. The van der Waals surface area contributed by atoms with Crippen molar-refractivity contribution in [2.45, 2.75) is 52.8 Å². The van der Waals surface area contributed by atoms with Crippen LogP contribution in [0.3, 0.4) is 0 Å². The summed E-state index contributed by atoms with van der Waals surface area (Å²) in [5, 5.41) is 7.06. The Labute approximate surface area is 123 Å². The van der Waals surface area contributed by atoms with Gasteiger partial charge in [-0.2, -0.15) is 0 Å². The molecule has 0 saturated carbocycles. The molecule has 0 aliphatic carbocycles. The van der Waals surface area contributed by atoms with E-state index in [9.17, 15) is 0 Å². The lowest BCUT2D eigenvalue weighted by molar-refractivity contribution is 0.254. The smallest absolute Gasteiger partial charge is 0.123 e. The van der Waals surface area contributed by atoms with Crippen LogP contribution >= 0.6 is 0 Å². The van der Waals surface area contributed by atoms with E-state index in [-0.39, 0.29) is 0 Å². The van der Waals surface area contributed by atoms with Gasteiger partial charge in [-0.1, -0.05) is 26.0 Å². The summed E-state index contributed by atoms with van der Waals surface area (Å²) >= 11 is 0. The summed E-state index contributed by atoms with van der Waals surface area (Å²) in [6, 6.07) is 7.03. The molecule has 3 nitrogen and oxygen atoms in total. The predicted octanol–water partition coefficient (Wildman–Crippen LogP) is 2.73. The minimum absolute atomic E-state index is 0.326. The molecular formula is C17H28N2O. The molecule has 0 amide bonds. The second-order valence-electron chi connectivity index (χ2n) is 6.41. The summed E-state index contributed by atoms with van der Waals surface area (Å²) in [5.74, 6) is 1.77. The highest BCUT2D eigenvalue weighted by Gasteiger charge is 2.18. The Balaban J connectivity index is 1.75. The lowest BCUT2D eigenvalue weighted by Crippen LogP contribution is -2.37. The van der Waals surface area contributed by atoms with E-state index in [2.05, 4.69) is 56.5 Å². The number of benzene rings is 1. The van der Waals surface area contributed by atoms with E-state index in [4.69, 9.17) is 4.74 Å². The molecule has 0 fully saturated rings. The molecule has 1 heterocycles. The molecule has 0 radical (unpaired) electrons. The van der Waals surface area contributed by atoms with Gasteiger partial charge in [0.25, 0.3) is 0 Å². The largest absolute Gasteiger partial charge is 0.490 e. The van der Waals surface area contributed by atoms with E-state index < -0.39 is 0 Å². The van der Waals surface area contributed by atoms with Crippen molar-refractivity contribution in [1.82, 2.24) is 10.6 Å². The van der Waals surface area contributed by atoms with Crippen LogP contribution in [0.5, 0.6) is 5.75 Å². The van der Waals surface area contributed by atoms with Crippen LogP contribution in [-0.2, 0) is 13.0 Å². The Morgan fingerprint density at radius 2 is 2.05 bits per heavy atom. The third-order valence-electron chi connectivity index (χ3n) is 3.62. The van der Waals surface area contributed by atoms with E-state index >= 15 is 0 Å². The zero-order valence-corrected chi connectivity index (χ0v) is 13.2. The third kappa shape index (κ3) is 4.50. The van der Waals surface area contributed by atoms with Crippen LogP contribution in [0.2, 0.25) is 0 Å². The van der Waals surface area contributed by atoms with Gasteiger partial charge in [-0.15, -0.1) is 0 Å². The van der Waals surface area contributed by atoms with Crippen LogP contribution in [0, 0.1) is 5.92 Å². The topological polar surface area (TPSA) is 33.3 Å². The molecular weight excluding hydrogens is 248 g/mol. The SMILES string of the molecule is CC(C)CNCC(C)NCc1ccc2c(c1)CC(C)O2. The number of ether oxygens (including phenoxy) is 1. The van der Waals surface area contributed by atoms with E-state index in [1.54, 1.807) is 0 Å². The fraction of sp³-hybridized carbons (Fsp3) is 0.647. The minimum Gasteiger partial charge on any atom is -0.490 e. The fourth-order valence-electron chi connectivity index (χ4n) is 2.54. The van der Waals surface area contributed by atoms with Gasteiger partial charge in [-0.3, -0.25) is 0 Å². The molecule has 1 aliphatic rings. The Kier molecular flexibility index (Phi) is 5.44. The van der Waals surface area contributed by atoms with Crippen molar-refractivity contribution in [1.29, 1.82) is 0 Å². The molecule has 1 aromatic carbocycles. The van der Waals surface area contributed by atoms with Crippen molar-refractivity contribution in [3.63, 3.8) is 0 Å². The highest BCUT2D eigenvalue weighted by Crippen LogP contribution is 2.29. The number of fused-ring (bicyclic) bond motifs is 1. The normalized spacial score (nSPS) is 18.9. The van der Waals surface area contributed by atoms with Crippen LogP contribution in [0.25, 0.3) is 0 Å². The monoisotopic (exact) mass is 276 g/mol. The van der Waals surface area contributed by atoms with Crippen LogP contribution in [0.4, 0.5) is 0 Å². The first-order valence-corrected chi connectivity index (χ1v) is 7.77. The summed E-state index contributed by atoms with van der Waals surface area (Å²) < 4.78 is 5.73. The van der Waals surface area contributed by atoms with Crippen LogP contribution in [0.15, 0.2) is 18.2 Å². The molecule has 2 unspecified atom stereocenters. The van der Waals surface area contributed by atoms with Gasteiger partial charge in [0, 0.05) is 25.6 Å². The average Bonchev–Trinajstić information content (AvgIpc) is 2.75. The average molecular weight is 276 g/mol. The van der Waals surface area contributed by atoms with Crippen molar-refractivity contribution in [3.8, 4) is 5.75 Å². The highest BCUT2D eigenvalue weighted by atomic mass is 16.5. The molecule has 0 bridgehead atoms. The molecule has 2 atom stereocenters. The van der Waals surface area contributed by atoms with Gasteiger partial charge in [-0.05, 0) is 43.5 Å². The van der Waals surface area contributed by atoms with Crippen molar-refractivity contribution in [2.24, 2.45) is 5.92 Å². The highest BCUT2D eigenvalue weighted by molar-refractivity contribution is 5.40. The number of rotatable bonds is 7. The van der Waals surface area contributed by atoms with Gasteiger partial charge in [-0.25, -0.2) is 0 Å². The molecule has 1 aliphatic heterocycles. The van der Waals surface area contributed by atoms with Crippen LogP contribution in [0.1, 0.15) is 38.8 Å². The second-order valence-corrected chi connectivity index (χ2v) is 6.41. The Morgan fingerprint density at radius 3 is 2.80 bits per heavy atom. The van der Waals surface area contributed by atoms with Crippen molar-refractivity contribution in [2.75, 3.05) is 13.1 Å². The Hall–Kier alpha value is -1.06. The summed E-state index contributed by atoms with van der Waals surface area (Å²) in [7, 11) is 0. The van der Waals surface area contributed by atoms with Crippen LogP contribution in [-0.4, -0.2) is 25.2 Å². The summed E-state index contributed by atoms with van der Waals surface area (Å²) in [5.41, 5.74) is 2.69. The number of hydrogen-bond donors (Lipinski definition) is 2. The first kappa shape index (κ1) is 15.3. The lowest BCUT2D eigenvalue weighted by Gasteiger charge is -2.16. The maximum Gasteiger partial charge on any atom is 0.123 e. The first-order chi connectivity index (χ1) is 9.54. The molecule has 112 valence electrons. The molecule has 2 N–H and O–H groups in total. The first-order valence-electron chi connectivity index (χ1n) is 7.77. The van der Waals surface area contributed by atoms with Gasteiger partial charge < -0.3 is 15.4 Å². The predicted molar refractivity (Wildman–Crippen MR) is 84.2 cm³/mol. The molecule has 3 heteroatoms. The lowest BCUT2D eigenvalue weighted by atomic mass is 10.1. The van der Waals surface area contributed by atoms with Gasteiger partial charge in [0.1, 0.15) is 11.9 Å². The summed E-state index contributed by atoms with van der Waals surface area (Å²) in [6.07, 6.45) is 1.36. The van der Waals surface area contributed by atoms with Gasteiger partial charge in [0.15, 0.2) is 0 Å². The van der Waals surface area contributed by atoms with Crippen molar-refractivity contribution < 1.29 is 4.74 Å². The van der Waals surface area contributed by atoms with Gasteiger partial charge in [0.05, 0.1) is 0 Å². The van der Waals surface area contributed by atoms with E-state index in [1.807, 2.05) is 0 Å². The Morgan fingerprint density at radius 1 is 1.25 bits per heavy atom. The molecule has 0 aromatic heterocycles. The molecule has 20 heavy (non-hydrogen) atoms. The molecule has 0 spiro atoms. The standard InChI is InChI=1S/C17H28N2O/c1-12(2)9-18-10-13(3)19-11-15-5-6-17-16(8-15)7-14(4)20-17/h5-6,8,12-14,18-19H,7,9-11H2,1-4H3. The third-order valence-corrected chi connectivity index (χ3v) is 3.62. The van der Waals surface area contributed by atoms with Gasteiger partial charge in [0.2, 0.25) is 0 Å². The van der Waals surface area contributed by atoms with E-state index in [0.717, 1.165) is 31.8 Å². The zero-order valence-electron chi connectivity index (χ0n) is 13.2. The number of hydrogen-bond acceptors (Lipinski definition) is 3. The molecule has 2 rings (SSSR count). The van der Waals surface area contributed by atoms with E-state index in [1.165, 1.54) is 11.1 Å².